The van der Waals surface area contributed by atoms with Gasteiger partial charge >= 0.3 is 0 Å². The Labute approximate surface area is 125 Å². The lowest BCUT2D eigenvalue weighted by molar-refractivity contribution is 0.467. The highest BCUT2D eigenvalue weighted by Crippen LogP contribution is 2.34. The average molecular weight is 305 g/mol. The Morgan fingerprint density at radius 1 is 0.950 bits per heavy atom. The fraction of sp³-hybridized carbons (Fsp3) is 0. The van der Waals surface area contributed by atoms with Gasteiger partial charge in [0.2, 0.25) is 5.88 Å². The summed E-state index contributed by atoms with van der Waals surface area (Å²) in [6.07, 6.45) is 0. The Kier molecular flexibility index (Phi) is 3.38. The minimum absolute atomic E-state index is 0.386. The highest BCUT2D eigenvalue weighted by Gasteiger charge is 2.08. The van der Waals surface area contributed by atoms with E-state index in [1.165, 1.54) is 0 Å². The van der Waals surface area contributed by atoms with Crippen LogP contribution in [0.5, 0.6) is 11.6 Å². The van der Waals surface area contributed by atoms with E-state index in [4.69, 9.17) is 33.7 Å². The summed E-state index contributed by atoms with van der Waals surface area (Å²) in [6, 6.07) is 14.6. The van der Waals surface area contributed by atoms with Gasteiger partial charge in [-0.25, -0.2) is 4.98 Å². The van der Waals surface area contributed by atoms with Crippen LogP contribution in [0.3, 0.4) is 0 Å². The van der Waals surface area contributed by atoms with Crippen molar-refractivity contribution in [2.45, 2.75) is 0 Å². The molecule has 3 nitrogen and oxygen atoms in total. The maximum absolute atomic E-state index is 5.96. The first-order valence-electron chi connectivity index (χ1n) is 5.91. The van der Waals surface area contributed by atoms with Gasteiger partial charge in [0.1, 0.15) is 0 Å². The summed E-state index contributed by atoms with van der Waals surface area (Å²) in [6.45, 7) is 0. The molecule has 0 radical (unpaired) electrons. The number of fused-ring (bicyclic) bond motifs is 1. The van der Waals surface area contributed by atoms with Crippen molar-refractivity contribution in [2.24, 2.45) is 0 Å². The van der Waals surface area contributed by atoms with Crippen LogP contribution in [0.2, 0.25) is 10.0 Å². The molecule has 2 N–H and O–H groups in total. The van der Waals surface area contributed by atoms with Gasteiger partial charge in [0, 0.05) is 17.5 Å². The Balaban J connectivity index is 1.99. The molecular formula is C15H10Cl2N2O. The first kappa shape index (κ1) is 13.0. The molecule has 0 bridgehead atoms. The van der Waals surface area contributed by atoms with Gasteiger partial charge in [-0.2, -0.15) is 0 Å². The predicted octanol–water partition coefficient (Wildman–Crippen LogP) is 4.92. The van der Waals surface area contributed by atoms with Crippen molar-refractivity contribution < 1.29 is 4.74 Å². The van der Waals surface area contributed by atoms with Crippen LogP contribution in [0.1, 0.15) is 0 Å². The van der Waals surface area contributed by atoms with Crippen molar-refractivity contribution in [3.63, 3.8) is 0 Å². The largest absolute Gasteiger partial charge is 0.437 e. The Hall–Kier alpha value is -1.97. The number of halogens is 2. The number of nitrogen functional groups attached to an aromatic ring is 1. The number of para-hydroxylation sites is 1. The summed E-state index contributed by atoms with van der Waals surface area (Å²) in [5.74, 6) is 0.885. The van der Waals surface area contributed by atoms with E-state index in [1.807, 2.05) is 30.3 Å². The lowest BCUT2D eigenvalue weighted by atomic mass is 10.2. The Morgan fingerprint density at radius 2 is 1.70 bits per heavy atom. The van der Waals surface area contributed by atoms with Gasteiger partial charge in [-0.1, -0.05) is 41.4 Å². The number of rotatable bonds is 2. The summed E-state index contributed by atoms with van der Waals surface area (Å²) in [5.41, 5.74) is 7.12. The molecule has 100 valence electrons. The molecule has 5 heteroatoms. The normalized spacial score (nSPS) is 10.7. The van der Waals surface area contributed by atoms with Gasteiger partial charge in [-0.15, -0.1) is 0 Å². The molecule has 3 rings (SSSR count). The number of anilines is 1. The van der Waals surface area contributed by atoms with Gasteiger partial charge in [0.15, 0.2) is 5.75 Å². The second-order valence-electron chi connectivity index (χ2n) is 4.25. The van der Waals surface area contributed by atoms with Crippen LogP contribution in [0, 0.1) is 0 Å². The van der Waals surface area contributed by atoms with E-state index in [0.29, 0.717) is 27.4 Å². The van der Waals surface area contributed by atoms with E-state index in [2.05, 4.69) is 4.98 Å². The highest BCUT2D eigenvalue weighted by atomic mass is 35.5. The van der Waals surface area contributed by atoms with Gasteiger partial charge in [-0.05, 0) is 18.2 Å². The Bertz CT molecular complexity index is 790. The molecular weight excluding hydrogens is 295 g/mol. The van der Waals surface area contributed by atoms with Crippen LogP contribution in [0.4, 0.5) is 5.69 Å². The predicted molar refractivity (Wildman–Crippen MR) is 82.7 cm³/mol. The molecule has 1 aromatic heterocycles. The van der Waals surface area contributed by atoms with Crippen molar-refractivity contribution >= 4 is 39.8 Å². The first-order chi connectivity index (χ1) is 9.63. The second kappa shape index (κ2) is 5.19. The zero-order chi connectivity index (χ0) is 14.1. The van der Waals surface area contributed by atoms with E-state index in [9.17, 15) is 0 Å². The molecule has 2 aromatic carbocycles. The zero-order valence-corrected chi connectivity index (χ0v) is 11.8. The maximum atomic E-state index is 5.96. The van der Waals surface area contributed by atoms with Crippen LogP contribution in [-0.2, 0) is 0 Å². The van der Waals surface area contributed by atoms with Crippen molar-refractivity contribution in [1.29, 1.82) is 0 Å². The second-order valence-corrected chi connectivity index (χ2v) is 5.06. The highest BCUT2D eigenvalue weighted by molar-refractivity contribution is 6.42. The fourth-order valence-corrected chi connectivity index (χ4v) is 2.17. The number of aromatic nitrogens is 1. The van der Waals surface area contributed by atoms with E-state index in [1.54, 1.807) is 18.2 Å². The summed E-state index contributed by atoms with van der Waals surface area (Å²) < 4.78 is 5.67. The monoisotopic (exact) mass is 304 g/mol. The summed E-state index contributed by atoms with van der Waals surface area (Å²) >= 11 is 11.8. The molecule has 0 saturated heterocycles. The summed E-state index contributed by atoms with van der Waals surface area (Å²) in [4.78, 5) is 4.41. The van der Waals surface area contributed by atoms with Crippen LogP contribution in [0.15, 0.2) is 48.5 Å². The van der Waals surface area contributed by atoms with Crippen LogP contribution >= 0.6 is 23.2 Å². The van der Waals surface area contributed by atoms with Gasteiger partial charge < -0.3 is 10.5 Å². The summed E-state index contributed by atoms with van der Waals surface area (Å²) in [5, 5.41) is 1.82. The smallest absolute Gasteiger partial charge is 0.219 e. The lowest BCUT2D eigenvalue weighted by Gasteiger charge is -2.09. The van der Waals surface area contributed by atoms with Crippen molar-refractivity contribution in [3.8, 4) is 11.6 Å². The zero-order valence-electron chi connectivity index (χ0n) is 10.3. The molecule has 0 aliphatic rings. The van der Waals surface area contributed by atoms with Crippen molar-refractivity contribution in [1.82, 2.24) is 4.98 Å². The third-order valence-corrected chi connectivity index (χ3v) is 3.56. The number of hydrogen-bond acceptors (Lipinski definition) is 3. The van der Waals surface area contributed by atoms with E-state index in [0.717, 1.165) is 10.9 Å². The van der Waals surface area contributed by atoms with Crippen LogP contribution in [0.25, 0.3) is 10.9 Å². The molecule has 3 aromatic rings. The Morgan fingerprint density at radius 3 is 2.55 bits per heavy atom. The molecule has 0 saturated carbocycles. The molecule has 0 aliphatic heterocycles. The number of pyridine rings is 1. The van der Waals surface area contributed by atoms with Crippen LogP contribution in [-0.4, -0.2) is 4.98 Å². The van der Waals surface area contributed by atoms with E-state index < -0.39 is 0 Å². The minimum Gasteiger partial charge on any atom is -0.437 e. The van der Waals surface area contributed by atoms with E-state index in [-0.39, 0.29) is 0 Å². The van der Waals surface area contributed by atoms with Gasteiger partial charge in [0.05, 0.1) is 21.2 Å². The van der Waals surface area contributed by atoms with Gasteiger partial charge in [0.25, 0.3) is 0 Å². The maximum Gasteiger partial charge on any atom is 0.219 e. The minimum atomic E-state index is 0.386. The molecule has 1 heterocycles. The molecule has 0 aliphatic carbocycles. The third kappa shape index (κ3) is 2.50. The standard InChI is InChI=1S/C15H10Cl2N2O/c16-10-7-12(18)14(8-11(10)17)20-15-6-5-9-3-1-2-4-13(9)19-15/h1-8H,18H2. The molecule has 0 amide bonds. The first-order valence-corrected chi connectivity index (χ1v) is 6.67. The van der Waals surface area contributed by atoms with Crippen LogP contribution < -0.4 is 10.5 Å². The number of ether oxygens (including phenoxy) is 1. The van der Waals surface area contributed by atoms with Crippen molar-refractivity contribution in [2.75, 3.05) is 5.73 Å². The molecule has 0 unspecified atom stereocenters. The molecule has 0 spiro atoms. The average Bonchev–Trinajstić information content (AvgIpc) is 2.44. The topological polar surface area (TPSA) is 48.1 Å². The SMILES string of the molecule is Nc1cc(Cl)c(Cl)cc1Oc1ccc2ccccc2n1. The van der Waals surface area contributed by atoms with E-state index >= 15 is 0 Å². The fourth-order valence-electron chi connectivity index (χ4n) is 1.85. The number of nitrogens with zero attached hydrogens (tertiary/aromatic N) is 1. The van der Waals surface area contributed by atoms with Gasteiger partial charge in [-0.3, -0.25) is 0 Å². The molecule has 20 heavy (non-hydrogen) atoms. The summed E-state index contributed by atoms with van der Waals surface area (Å²) in [7, 11) is 0. The van der Waals surface area contributed by atoms with Crippen molar-refractivity contribution in [3.05, 3.63) is 58.6 Å². The number of hydrogen-bond donors (Lipinski definition) is 1. The lowest BCUT2D eigenvalue weighted by Crippen LogP contribution is -1.94. The quantitative estimate of drug-likeness (QED) is 0.684. The molecule has 0 fully saturated rings. The number of nitrogens with two attached hydrogens (primary N) is 1. The molecule has 0 atom stereocenters. The third-order valence-electron chi connectivity index (χ3n) is 2.84. The number of benzene rings is 2.